The molecule has 0 aliphatic heterocycles. The lowest BCUT2D eigenvalue weighted by Gasteiger charge is -2.09. The van der Waals surface area contributed by atoms with Crippen molar-refractivity contribution in [3.8, 4) is 17.6 Å². The molecule has 1 amide bonds. The second kappa shape index (κ2) is 6.19. The van der Waals surface area contributed by atoms with Gasteiger partial charge in [0, 0.05) is 0 Å². The Bertz CT molecular complexity index is 631. The van der Waals surface area contributed by atoms with Crippen LogP contribution in [0.15, 0.2) is 17.7 Å². The minimum Gasteiger partial charge on any atom is -0.493 e. The Morgan fingerprint density at radius 1 is 1.45 bits per heavy atom. The van der Waals surface area contributed by atoms with Crippen LogP contribution in [0.25, 0.3) is 6.08 Å². The molecule has 0 radical (unpaired) electrons. The summed E-state index contributed by atoms with van der Waals surface area (Å²) in [5.74, 6) is -0.918. The Kier molecular flexibility index (Phi) is 4.64. The third-order valence-corrected chi connectivity index (χ3v) is 2.42. The molecule has 104 valence electrons. The van der Waals surface area contributed by atoms with E-state index in [0.717, 1.165) is 6.08 Å². The summed E-state index contributed by atoms with van der Waals surface area (Å²) in [6.07, 6.45) is 1.03. The lowest BCUT2D eigenvalue weighted by Crippen LogP contribution is -2.12. The summed E-state index contributed by atoms with van der Waals surface area (Å²) >= 11 is 0. The summed E-state index contributed by atoms with van der Waals surface area (Å²) in [7, 11) is 2.58. The van der Waals surface area contributed by atoms with Crippen LogP contribution in [-0.4, -0.2) is 25.1 Å². The molecule has 1 aromatic carbocycles. The molecular formula is C12H11N3O5. The minimum absolute atomic E-state index is 0.0167. The second-order valence-electron chi connectivity index (χ2n) is 3.53. The van der Waals surface area contributed by atoms with E-state index in [1.54, 1.807) is 6.07 Å². The lowest BCUT2D eigenvalue weighted by molar-refractivity contribution is -0.386. The van der Waals surface area contributed by atoms with Crippen LogP contribution in [0, 0.1) is 21.4 Å². The Morgan fingerprint density at radius 3 is 2.50 bits per heavy atom. The van der Waals surface area contributed by atoms with Gasteiger partial charge in [0.25, 0.3) is 5.91 Å². The zero-order valence-electron chi connectivity index (χ0n) is 10.7. The number of methoxy groups -OCH3 is 2. The van der Waals surface area contributed by atoms with Gasteiger partial charge in [-0.05, 0) is 18.2 Å². The number of nitro groups is 1. The molecule has 8 heteroatoms. The van der Waals surface area contributed by atoms with Crippen LogP contribution in [0.3, 0.4) is 0 Å². The van der Waals surface area contributed by atoms with Crippen LogP contribution in [0.2, 0.25) is 0 Å². The van der Waals surface area contributed by atoms with E-state index in [4.69, 9.17) is 20.5 Å². The number of carbonyl (C=O) groups excluding carboxylic acids is 1. The first-order valence-corrected chi connectivity index (χ1v) is 5.27. The maximum Gasteiger partial charge on any atom is 0.322 e. The van der Waals surface area contributed by atoms with Crippen molar-refractivity contribution in [1.29, 1.82) is 5.26 Å². The molecule has 0 atom stereocenters. The van der Waals surface area contributed by atoms with Crippen molar-refractivity contribution in [3.05, 3.63) is 33.4 Å². The molecule has 0 unspecified atom stereocenters. The number of amides is 1. The topological polar surface area (TPSA) is 128 Å². The van der Waals surface area contributed by atoms with Crippen LogP contribution < -0.4 is 15.2 Å². The highest BCUT2D eigenvalue weighted by atomic mass is 16.6. The highest BCUT2D eigenvalue weighted by Gasteiger charge is 2.24. The number of carbonyl (C=O) groups is 1. The fourth-order valence-electron chi connectivity index (χ4n) is 1.54. The summed E-state index contributed by atoms with van der Waals surface area (Å²) in [5, 5.41) is 19.9. The summed E-state index contributed by atoms with van der Waals surface area (Å²) in [6, 6.07) is 4.33. The second-order valence-corrected chi connectivity index (χ2v) is 3.53. The fourth-order valence-corrected chi connectivity index (χ4v) is 1.54. The fraction of sp³-hybridized carbons (Fsp3) is 0.167. The van der Waals surface area contributed by atoms with Gasteiger partial charge < -0.3 is 15.2 Å². The average Bonchev–Trinajstić information content (AvgIpc) is 2.42. The number of hydrogen-bond acceptors (Lipinski definition) is 6. The van der Waals surface area contributed by atoms with Crippen molar-refractivity contribution < 1.29 is 19.2 Å². The van der Waals surface area contributed by atoms with Crippen LogP contribution in [-0.2, 0) is 4.79 Å². The Balaban J connectivity index is 3.61. The Morgan fingerprint density at radius 2 is 2.10 bits per heavy atom. The number of nitro benzene ring substituents is 1. The van der Waals surface area contributed by atoms with Gasteiger partial charge in [0.1, 0.15) is 11.6 Å². The van der Waals surface area contributed by atoms with Crippen LogP contribution in [0.1, 0.15) is 5.56 Å². The van der Waals surface area contributed by atoms with Crippen LogP contribution >= 0.6 is 0 Å². The van der Waals surface area contributed by atoms with Crippen molar-refractivity contribution in [2.75, 3.05) is 14.2 Å². The predicted octanol–water partition coefficient (Wildman–Crippen LogP) is 1.00. The first-order valence-electron chi connectivity index (χ1n) is 5.27. The quantitative estimate of drug-likeness (QED) is 0.370. The normalized spacial score (nSPS) is 10.6. The molecule has 0 bridgehead atoms. The molecule has 0 aliphatic carbocycles. The molecule has 20 heavy (non-hydrogen) atoms. The molecule has 2 N–H and O–H groups in total. The van der Waals surface area contributed by atoms with E-state index in [0.29, 0.717) is 0 Å². The highest BCUT2D eigenvalue weighted by molar-refractivity contribution is 6.01. The summed E-state index contributed by atoms with van der Waals surface area (Å²) < 4.78 is 9.90. The monoisotopic (exact) mass is 277 g/mol. The number of ether oxygens (including phenoxy) is 2. The third-order valence-electron chi connectivity index (χ3n) is 2.42. The van der Waals surface area contributed by atoms with Gasteiger partial charge in [-0.1, -0.05) is 0 Å². The molecule has 0 aromatic heterocycles. The highest BCUT2D eigenvalue weighted by Crippen LogP contribution is 2.40. The molecule has 1 aromatic rings. The molecule has 0 spiro atoms. The van der Waals surface area contributed by atoms with Gasteiger partial charge in [-0.25, -0.2) is 0 Å². The van der Waals surface area contributed by atoms with Crippen molar-refractivity contribution >= 4 is 17.7 Å². The molecule has 8 nitrogen and oxygen atoms in total. The number of nitrogens with two attached hydrogens (primary N) is 1. The summed E-state index contributed by atoms with van der Waals surface area (Å²) in [4.78, 5) is 21.5. The zero-order chi connectivity index (χ0) is 15.3. The molecule has 1 rings (SSSR count). The average molecular weight is 277 g/mol. The number of nitriles is 1. The van der Waals surface area contributed by atoms with Crippen molar-refractivity contribution in [3.63, 3.8) is 0 Å². The minimum atomic E-state index is -0.975. The van der Waals surface area contributed by atoms with Gasteiger partial charge in [0.05, 0.1) is 24.7 Å². The van der Waals surface area contributed by atoms with Gasteiger partial charge in [-0.15, -0.1) is 0 Å². The molecule has 0 fully saturated rings. The van der Waals surface area contributed by atoms with E-state index in [1.807, 2.05) is 0 Å². The van der Waals surface area contributed by atoms with Gasteiger partial charge >= 0.3 is 5.69 Å². The SMILES string of the molecule is COc1ccc(/C=C(\C#N)C(N)=O)c([N+](=O)[O-])c1OC. The molecule has 0 saturated carbocycles. The van der Waals surface area contributed by atoms with E-state index < -0.39 is 22.1 Å². The largest absolute Gasteiger partial charge is 0.493 e. The van der Waals surface area contributed by atoms with E-state index >= 15 is 0 Å². The van der Waals surface area contributed by atoms with Crippen LogP contribution in [0.4, 0.5) is 5.69 Å². The number of primary amides is 1. The van der Waals surface area contributed by atoms with Crippen molar-refractivity contribution in [2.24, 2.45) is 5.73 Å². The van der Waals surface area contributed by atoms with Crippen molar-refractivity contribution in [2.45, 2.75) is 0 Å². The Hall–Kier alpha value is -3.08. The number of rotatable bonds is 5. The number of nitrogens with zero attached hydrogens (tertiary/aromatic N) is 2. The first-order chi connectivity index (χ1) is 9.46. The maximum atomic E-state index is 11.2. The maximum absolute atomic E-state index is 11.2. The number of benzene rings is 1. The van der Waals surface area contributed by atoms with Gasteiger partial charge in [-0.2, -0.15) is 5.26 Å². The zero-order valence-corrected chi connectivity index (χ0v) is 10.7. The molecule has 0 heterocycles. The lowest BCUT2D eigenvalue weighted by atomic mass is 10.1. The smallest absolute Gasteiger partial charge is 0.322 e. The Labute approximate surface area is 114 Å². The van der Waals surface area contributed by atoms with E-state index in [2.05, 4.69) is 0 Å². The molecule has 0 saturated heterocycles. The van der Waals surface area contributed by atoms with Gasteiger partial charge in [0.2, 0.25) is 5.75 Å². The van der Waals surface area contributed by atoms with E-state index in [9.17, 15) is 14.9 Å². The summed E-state index contributed by atoms with van der Waals surface area (Å²) in [5.41, 5.74) is 4.19. The van der Waals surface area contributed by atoms with Crippen LogP contribution in [0.5, 0.6) is 11.5 Å². The first kappa shape index (κ1) is 15.0. The molecule has 0 aliphatic rings. The van der Waals surface area contributed by atoms with Gasteiger partial charge in [-0.3, -0.25) is 14.9 Å². The third kappa shape index (κ3) is 2.84. The van der Waals surface area contributed by atoms with E-state index in [-0.39, 0.29) is 17.1 Å². The number of hydrogen-bond donors (Lipinski definition) is 1. The van der Waals surface area contributed by atoms with Crippen molar-refractivity contribution in [1.82, 2.24) is 0 Å². The van der Waals surface area contributed by atoms with Gasteiger partial charge in [0.15, 0.2) is 5.75 Å². The van der Waals surface area contributed by atoms with E-state index in [1.165, 1.54) is 26.4 Å². The molecular weight excluding hydrogens is 266 g/mol. The summed E-state index contributed by atoms with van der Waals surface area (Å²) in [6.45, 7) is 0. The predicted molar refractivity (Wildman–Crippen MR) is 69.0 cm³/mol. The standard InChI is InChI=1S/C12H11N3O5/c1-19-9-4-3-7(5-8(6-13)12(14)16)10(15(17)18)11(9)20-2/h3-5H,1-2H3,(H2,14,16)/b8-5+.